The number of hydrogen-bond donors (Lipinski definition) is 2. The highest BCUT2D eigenvalue weighted by molar-refractivity contribution is 6.74. The SMILES string of the molecule is CC[C@@H](O[Si](C)(C)C(C)(C)C)[C@H](C)[C@H](O)[C@@H](C)O. The van der Waals surface area contributed by atoms with E-state index in [0.29, 0.717) is 0 Å². The van der Waals surface area contributed by atoms with Gasteiger partial charge in [-0.25, -0.2) is 0 Å². The molecule has 4 heteroatoms. The second-order valence-electron chi connectivity index (χ2n) is 6.92. The molecule has 0 amide bonds. The molecule has 110 valence electrons. The van der Waals surface area contributed by atoms with Gasteiger partial charge in [-0.15, -0.1) is 0 Å². The Labute approximate surface area is 114 Å². The molecule has 0 fully saturated rings. The average molecular weight is 276 g/mol. The Balaban J connectivity index is 4.81. The highest BCUT2D eigenvalue weighted by Crippen LogP contribution is 2.38. The van der Waals surface area contributed by atoms with Crippen LogP contribution in [0.4, 0.5) is 0 Å². The van der Waals surface area contributed by atoms with Crippen molar-refractivity contribution < 1.29 is 14.6 Å². The number of rotatable bonds is 6. The minimum atomic E-state index is -1.83. The lowest BCUT2D eigenvalue weighted by molar-refractivity contribution is -0.0411. The van der Waals surface area contributed by atoms with Gasteiger partial charge in [0.25, 0.3) is 0 Å². The third-order valence-electron chi connectivity index (χ3n) is 4.27. The second-order valence-corrected chi connectivity index (χ2v) is 11.7. The summed E-state index contributed by atoms with van der Waals surface area (Å²) in [5.41, 5.74) is 0. The van der Waals surface area contributed by atoms with E-state index in [1.165, 1.54) is 0 Å². The van der Waals surface area contributed by atoms with Crippen molar-refractivity contribution in [1.29, 1.82) is 0 Å². The van der Waals surface area contributed by atoms with Crippen LogP contribution < -0.4 is 0 Å². The summed E-state index contributed by atoms with van der Waals surface area (Å²) < 4.78 is 6.35. The maximum absolute atomic E-state index is 9.98. The van der Waals surface area contributed by atoms with Crippen LogP contribution in [0.25, 0.3) is 0 Å². The molecule has 0 aromatic heterocycles. The topological polar surface area (TPSA) is 49.7 Å². The summed E-state index contributed by atoms with van der Waals surface area (Å²) in [5.74, 6) is -0.0517. The first-order chi connectivity index (χ1) is 7.94. The molecule has 0 aromatic rings. The van der Waals surface area contributed by atoms with Crippen LogP contribution in [-0.4, -0.2) is 36.8 Å². The van der Waals surface area contributed by atoms with Crippen molar-refractivity contribution in [2.45, 2.75) is 84.4 Å². The van der Waals surface area contributed by atoms with Crippen LogP contribution in [0.5, 0.6) is 0 Å². The van der Waals surface area contributed by atoms with E-state index < -0.39 is 20.5 Å². The third kappa shape index (κ3) is 4.65. The average Bonchev–Trinajstić information content (AvgIpc) is 2.22. The van der Waals surface area contributed by atoms with Crippen LogP contribution in [0.3, 0.4) is 0 Å². The van der Waals surface area contributed by atoms with Gasteiger partial charge in [-0.1, -0.05) is 34.6 Å². The molecular formula is C14H32O3Si. The van der Waals surface area contributed by atoms with Crippen LogP contribution in [0.1, 0.15) is 48.0 Å². The van der Waals surface area contributed by atoms with E-state index in [1.54, 1.807) is 6.92 Å². The molecule has 4 atom stereocenters. The Morgan fingerprint density at radius 1 is 1.11 bits per heavy atom. The minimum Gasteiger partial charge on any atom is -0.414 e. The lowest BCUT2D eigenvalue weighted by Crippen LogP contribution is -2.48. The quantitative estimate of drug-likeness (QED) is 0.733. The first-order valence-corrected chi connectivity index (χ1v) is 9.88. The maximum Gasteiger partial charge on any atom is 0.192 e. The van der Waals surface area contributed by atoms with Crippen molar-refractivity contribution in [2.75, 3.05) is 0 Å². The number of aliphatic hydroxyl groups excluding tert-OH is 2. The zero-order valence-corrected chi connectivity index (χ0v) is 14.3. The molecule has 0 aliphatic heterocycles. The van der Waals surface area contributed by atoms with Crippen molar-refractivity contribution in [2.24, 2.45) is 5.92 Å². The summed E-state index contributed by atoms with van der Waals surface area (Å²) in [5, 5.41) is 19.6. The summed E-state index contributed by atoms with van der Waals surface area (Å²) in [6, 6.07) is 0. The Kier molecular flexibility index (Phi) is 6.54. The van der Waals surface area contributed by atoms with Gasteiger partial charge in [-0.2, -0.15) is 0 Å². The summed E-state index contributed by atoms with van der Waals surface area (Å²) >= 11 is 0. The molecule has 0 heterocycles. The molecular weight excluding hydrogens is 244 g/mol. The fourth-order valence-corrected chi connectivity index (χ4v) is 3.27. The van der Waals surface area contributed by atoms with Crippen molar-refractivity contribution in [3.05, 3.63) is 0 Å². The van der Waals surface area contributed by atoms with Gasteiger partial charge in [-0.3, -0.25) is 0 Å². The Morgan fingerprint density at radius 2 is 1.56 bits per heavy atom. The standard InChI is InChI=1S/C14H32O3Si/c1-9-12(10(2)13(16)11(3)15)17-18(7,8)14(4,5)6/h10-13,15-16H,9H2,1-8H3/t10-,11+,12+,13-/m0/s1. The highest BCUT2D eigenvalue weighted by Gasteiger charge is 2.40. The molecule has 0 radical (unpaired) electrons. The predicted octanol–water partition coefficient (Wildman–Crippen LogP) is 3.16. The van der Waals surface area contributed by atoms with Gasteiger partial charge in [0, 0.05) is 12.0 Å². The Morgan fingerprint density at radius 3 is 1.83 bits per heavy atom. The molecule has 3 nitrogen and oxygen atoms in total. The number of aliphatic hydroxyl groups is 2. The van der Waals surface area contributed by atoms with Crippen LogP contribution in [-0.2, 0) is 4.43 Å². The van der Waals surface area contributed by atoms with Gasteiger partial charge < -0.3 is 14.6 Å². The van der Waals surface area contributed by atoms with Gasteiger partial charge in [0.2, 0.25) is 0 Å². The van der Waals surface area contributed by atoms with Crippen LogP contribution in [0, 0.1) is 5.92 Å². The predicted molar refractivity (Wildman–Crippen MR) is 79.2 cm³/mol. The zero-order valence-electron chi connectivity index (χ0n) is 13.3. The van der Waals surface area contributed by atoms with Gasteiger partial charge in [-0.05, 0) is 31.5 Å². The Bertz CT molecular complexity index is 246. The molecule has 2 N–H and O–H groups in total. The summed E-state index contributed by atoms with van der Waals surface area (Å²) in [6.45, 7) is 16.7. The summed E-state index contributed by atoms with van der Waals surface area (Å²) in [7, 11) is -1.83. The zero-order chi connectivity index (χ0) is 14.7. The van der Waals surface area contributed by atoms with E-state index in [0.717, 1.165) is 6.42 Å². The monoisotopic (exact) mass is 276 g/mol. The number of hydrogen-bond acceptors (Lipinski definition) is 3. The fourth-order valence-electron chi connectivity index (χ4n) is 1.78. The van der Waals surface area contributed by atoms with E-state index in [9.17, 15) is 10.2 Å². The molecule has 0 spiro atoms. The molecule has 0 unspecified atom stereocenters. The van der Waals surface area contributed by atoms with E-state index in [1.807, 2.05) is 6.92 Å². The molecule has 0 aliphatic rings. The molecule has 0 rings (SSSR count). The van der Waals surface area contributed by atoms with E-state index in [-0.39, 0.29) is 17.1 Å². The van der Waals surface area contributed by atoms with E-state index in [4.69, 9.17) is 4.43 Å². The Hall–Kier alpha value is 0.0969. The molecule has 0 aliphatic carbocycles. The smallest absolute Gasteiger partial charge is 0.192 e. The van der Waals surface area contributed by atoms with Gasteiger partial charge in [0.05, 0.1) is 12.2 Å². The van der Waals surface area contributed by atoms with Gasteiger partial charge >= 0.3 is 0 Å². The van der Waals surface area contributed by atoms with Gasteiger partial charge in [0.1, 0.15) is 0 Å². The highest BCUT2D eigenvalue weighted by atomic mass is 28.4. The van der Waals surface area contributed by atoms with E-state index in [2.05, 4.69) is 40.8 Å². The molecule has 0 aromatic carbocycles. The normalized spacial score (nSPS) is 20.3. The first kappa shape index (κ1) is 18.1. The fraction of sp³-hybridized carbons (Fsp3) is 1.00. The van der Waals surface area contributed by atoms with Crippen LogP contribution in [0.15, 0.2) is 0 Å². The molecule has 0 saturated heterocycles. The molecule has 0 saturated carbocycles. The second kappa shape index (κ2) is 6.50. The third-order valence-corrected chi connectivity index (χ3v) is 8.78. The van der Waals surface area contributed by atoms with Crippen LogP contribution in [0.2, 0.25) is 18.1 Å². The van der Waals surface area contributed by atoms with Gasteiger partial charge in [0.15, 0.2) is 8.32 Å². The lowest BCUT2D eigenvalue weighted by Gasteiger charge is -2.41. The van der Waals surface area contributed by atoms with Crippen molar-refractivity contribution >= 4 is 8.32 Å². The van der Waals surface area contributed by atoms with Crippen molar-refractivity contribution in [3.8, 4) is 0 Å². The molecule has 0 bridgehead atoms. The van der Waals surface area contributed by atoms with Crippen molar-refractivity contribution in [3.63, 3.8) is 0 Å². The van der Waals surface area contributed by atoms with Crippen LogP contribution >= 0.6 is 0 Å². The maximum atomic E-state index is 9.98. The summed E-state index contributed by atoms with van der Waals surface area (Å²) in [4.78, 5) is 0. The largest absolute Gasteiger partial charge is 0.414 e. The lowest BCUT2D eigenvalue weighted by atomic mass is 9.93. The first-order valence-electron chi connectivity index (χ1n) is 6.98. The summed E-state index contributed by atoms with van der Waals surface area (Å²) in [6.07, 6.45) is -0.565. The van der Waals surface area contributed by atoms with Crippen molar-refractivity contribution in [1.82, 2.24) is 0 Å². The van der Waals surface area contributed by atoms with E-state index >= 15 is 0 Å². The molecule has 18 heavy (non-hydrogen) atoms. The minimum absolute atomic E-state index is 0.00971.